The van der Waals surface area contributed by atoms with Gasteiger partial charge in [-0.2, -0.15) is 0 Å². The summed E-state index contributed by atoms with van der Waals surface area (Å²) in [6.45, 7) is 0.265. The molecule has 0 bridgehead atoms. The molecule has 0 fully saturated rings. The Balaban J connectivity index is 2.72. The second-order valence-corrected chi connectivity index (χ2v) is 5.82. The minimum atomic E-state index is -1.06. The summed E-state index contributed by atoms with van der Waals surface area (Å²) in [5.74, 6) is -2.66. The normalized spacial score (nSPS) is 10.6. The van der Waals surface area contributed by atoms with Crippen molar-refractivity contribution >= 4 is 23.6 Å². The zero-order valence-corrected chi connectivity index (χ0v) is 13.6. The smallest absolute Gasteiger partial charge is 0.305 e. The van der Waals surface area contributed by atoms with E-state index in [4.69, 9.17) is 9.84 Å². The van der Waals surface area contributed by atoms with Gasteiger partial charge in [-0.25, -0.2) is 8.78 Å². The maximum Gasteiger partial charge on any atom is 0.305 e. The lowest BCUT2D eigenvalue weighted by Crippen LogP contribution is -2.34. The molecule has 0 spiro atoms. The summed E-state index contributed by atoms with van der Waals surface area (Å²) < 4.78 is 31.8. The molecule has 0 atom stereocenters. The van der Waals surface area contributed by atoms with Crippen LogP contribution in [0.4, 0.5) is 8.78 Å². The fourth-order valence-corrected chi connectivity index (χ4v) is 2.58. The van der Waals surface area contributed by atoms with Gasteiger partial charge in [-0.3, -0.25) is 9.59 Å². The van der Waals surface area contributed by atoms with E-state index in [-0.39, 0.29) is 36.7 Å². The van der Waals surface area contributed by atoms with Crippen molar-refractivity contribution in [3.05, 3.63) is 35.4 Å². The Morgan fingerprint density at radius 1 is 1.35 bits per heavy atom. The largest absolute Gasteiger partial charge is 0.481 e. The van der Waals surface area contributed by atoms with E-state index in [1.54, 1.807) is 7.11 Å². The number of amides is 1. The third-order valence-corrected chi connectivity index (χ3v) is 3.90. The summed E-state index contributed by atoms with van der Waals surface area (Å²) in [6.07, 6.45) is -0.259. The van der Waals surface area contributed by atoms with Crippen LogP contribution >= 0.6 is 11.8 Å². The average Bonchev–Trinajstić information content (AvgIpc) is 2.51. The van der Waals surface area contributed by atoms with Crippen LogP contribution in [0.2, 0.25) is 0 Å². The monoisotopic (exact) mass is 347 g/mol. The fraction of sp³-hybridized carbons (Fsp3) is 0.467. The van der Waals surface area contributed by atoms with Crippen LogP contribution in [0.5, 0.6) is 0 Å². The number of rotatable bonds is 10. The summed E-state index contributed by atoms with van der Waals surface area (Å²) >= 11 is 1.33. The predicted molar refractivity (Wildman–Crippen MR) is 83.2 cm³/mol. The van der Waals surface area contributed by atoms with Crippen molar-refractivity contribution in [2.75, 3.05) is 31.8 Å². The van der Waals surface area contributed by atoms with Gasteiger partial charge in [0.15, 0.2) is 11.6 Å². The van der Waals surface area contributed by atoms with E-state index < -0.39 is 17.6 Å². The van der Waals surface area contributed by atoms with Gasteiger partial charge in [0.25, 0.3) is 0 Å². The second-order valence-electron chi connectivity index (χ2n) is 4.72. The van der Waals surface area contributed by atoms with E-state index >= 15 is 0 Å². The molecular formula is C15H19F2NO4S. The Bertz CT molecular complexity index is 542. The molecule has 1 amide bonds. The molecule has 1 aromatic carbocycles. The number of hydrogen-bond acceptors (Lipinski definition) is 4. The zero-order chi connectivity index (χ0) is 17.2. The van der Waals surface area contributed by atoms with Gasteiger partial charge in [-0.15, -0.1) is 11.8 Å². The van der Waals surface area contributed by atoms with Crippen LogP contribution in [0.1, 0.15) is 12.0 Å². The highest BCUT2D eigenvalue weighted by Crippen LogP contribution is 2.15. The first-order valence-electron chi connectivity index (χ1n) is 6.94. The molecule has 128 valence electrons. The molecule has 0 aliphatic heterocycles. The van der Waals surface area contributed by atoms with E-state index in [2.05, 4.69) is 0 Å². The minimum absolute atomic E-state index is 0.0191. The molecule has 0 unspecified atom stereocenters. The SMILES string of the molecule is COCCSCC(=O)N(CCC(=O)O)Cc1cccc(F)c1F. The lowest BCUT2D eigenvalue weighted by Gasteiger charge is -2.22. The van der Waals surface area contributed by atoms with E-state index in [0.29, 0.717) is 12.4 Å². The van der Waals surface area contributed by atoms with Crippen LogP contribution in [-0.2, 0) is 20.9 Å². The molecule has 0 saturated heterocycles. The number of methoxy groups -OCH3 is 1. The predicted octanol–water partition coefficient (Wildman–Crippen LogP) is 2.15. The molecule has 23 heavy (non-hydrogen) atoms. The van der Waals surface area contributed by atoms with Gasteiger partial charge in [-0.1, -0.05) is 12.1 Å². The highest BCUT2D eigenvalue weighted by atomic mass is 32.2. The van der Waals surface area contributed by atoms with E-state index in [1.807, 2.05) is 0 Å². The molecule has 0 aromatic heterocycles. The molecule has 0 heterocycles. The van der Waals surface area contributed by atoms with Gasteiger partial charge < -0.3 is 14.7 Å². The van der Waals surface area contributed by atoms with Crippen molar-refractivity contribution in [1.29, 1.82) is 0 Å². The number of benzene rings is 1. The lowest BCUT2D eigenvalue weighted by atomic mass is 10.2. The van der Waals surface area contributed by atoms with Gasteiger partial charge >= 0.3 is 5.97 Å². The first kappa shape index (κ1) is 19.4. The molecule has 8 heteroatoms. The minimum Gasteiger partial charge on any atom is -0.481 e. The number of thioether (sulfide) groups is 1. The first-order valence-corrected chi connectivity index (χ1v) is 8.10. The number of hydrogen-bond donors (Lipinski definition) is 1. The molecule has 1 rings (SSSR count). The molecule has 5 nitrogen and oxygen atoms in total. The van der Waals surface area contributed by atoms with E-state index in [1.165, 1.54) is 28.8 Å². The van der Waals surface area contributed by atoms with Crippen LogP contribution in [0.3, 0.4) is 0 Å². The van der Waals surface area contributed by atoms with Gasteiger partial charge in [0.2, 0.25) is 5.91 Å². The highest BCUT2D eigenvalue weighted by molar-refractivity contribution is 7.99. The summed E-state index contributed by atoms with van der Waals surface area (Å²) in [5.41, 5.74) is 0.0191. The molecule has 0 aliphatic carbocycles. The van der Waals surface area contributed by atoms with Gasteiger partial charge in [0, 0.05) is 31.5 Å². The molecular weight excluding hydrogens is 328 g/mol. The standard InChI is InChI=1S/C15H19F2NO4S/c1-22-7-8-23-10-13(19)18(6-5-14(20)21)9-11-3-2-4-12(16)15(11)17/h2-4H,5-10H2,1H3,(H,20,21). The number of aliphatic carboxylic acids is 1. The topological polar surface area (TPSA) is 66.8 Å². The summed E-state index contributed by atoms with van der Waals surface area (Å²) in [6, 6.07) is 3.71. The quantitative estimate of drug-likeness (QED) is 0.657. The highest BCUT2D eigenvalue weighted by Gasteiger charge is 2.18. The van der Waals surface area contributed by atoms with Crippen LogP contribution in [0.25, 0.3) is 0 Å². The second kappa shape index (κ2) is 10.2. The third kappa shape index (κ3) is 6.96. The molecule has 1 aromatic rings. The van der Waals surface area contributed by atoms with Gasteiger partial charge in [0.1, 0.15) is 0 Å². The molecule has 0 radical (unpaired) electrons. The van der Waals surface area contributed by atoms with Crippen molar-refractivity contribution in [2.24, 2.45) is 0 Å². The average molecular weight is 347 g/mol. The van der Waals surface area contributed by atoms with Gasteiger partial charge in [0.05, 0.1) is 18.8 Å². The maximum absolute atomic E-state index is 13.7. The Hall–Kier alpha value is -1.67. The fourth-order valence-electron chi connectivity index (χ4n) is 1.79. The lowest BCUT2D eigenvalue weighted by molar-refractivity contribution is -0.138. The van der Waals surface area contributed by atoms with Crippen molar-refractivity contribution in [2.45, 2.75) is 13.0 Å². The van der Waals surface area contributed by atoms with Crippen molar-refractivity contribution in [1.82, 2.24) is 4.90 Å². The van der Waals surface area contributed by atoms with Crippen LogP contribution in [0.15, 0.2) is 18.2 Å². The van der Waals surface area contributed by atoms with Crippen molar-refractivity contribution in [3.63, 3.8) is 0 Å². The summed E-state index contributed by atoms with van der Waals surface area (Å²) in [5, 5.41) is 8.76. The van der Waals surface area contributed by atoms with Crippen LogP contribution in [0, 0.1) is 11.6 Å². The number of carbonyl (C=O) groups is 2. The first-order chi connectivity index (χ1) is 11.0. The Kier molecular flexibility index (Phi) is 8.57. The molecule has 0 saturated carbocycles. The third-order valence-electron chi connectivity index (χ3n) is 3.00. The van der Waals surface area contributed by atoms with E-state index in [0.717, 1.165) is 6.07 Å². The maximum atomic E-state index is 13.7. The van der Waals surface area contributed by atoms with E-state index in [9.17, 15) is 18.4 Å². The molecule has 0 aliphatic rings. The summed E-state index contributed by atoms with van der Waals surface area (Å²) in [7, 11) is 1.55. The molecule has 1 N–H and O–H groups in total. The number of carboxylic acid groups (broad SMARTS) is 1. The Labute approximate surface area is 137 Å². The van der Waals surface area contributed by atoms with Crippen LogP contribution in [-0.4, -0.2) is 53.7 Å². The zero-order valence-electron chi connectivity index (χ0n) is 12.8. The van der Waals surface area contributed by atoms with Crippen molar-refractivity contribution in [3.8, 4) is 0 Å². The number of carboxylic acids is 1. The number of halogens is 2. The van der Waals surface area contributed by atoms with Crippen LogP contribution < -0.4 is 0 Å². The Morgan fingerprint density at radius 3 is 2.74 bits per heavy atom. The summed E-state index contributed by atoms with van der Waals surface area (Å²) in [4.78, 5) is 24.1. The number of carbonyl (C=O) groups excluding carboxylic acids is 1. The number of ether oxygens (including phenoxy) is 1. The van der Waals surface area contributed by atoms with Gasteiger partial charge in [-0.05, 0) is 6.07 Å². The Morgan fingerprint density at radius 2 is 2.09 bits per heavy atom. The number of nitrogens with zero attached hydrogens (tertiary/aromatic N) is 1. The van der Waals surface area contributed by atoms with Crippen molar-refractivity contribution < 1.29 is 28.2 Å².